The zero-order valence-corrected chi connectivity index (χ0v) is 22.6. The summed E-state index contributed by atoms with van der Waals surface area (Å²) in [6.45, 7) is 1.88. The predicted octanol–water partition coefficient (Wildman–Crippen LogP) is 6.61. The standard InChI is InChI=1S/C33H30ClN3O2/c1-39-31(38)24-9-12-26(13-10-24)32-20-33(21-32)27(29(32)25-11-14-28(34)36-17-25)19-37(18-22-6-5-15-35-16-22)30(33)23-7-3-2-4-8-23/h2-17,27,29-30H,18-21H2,1H3/t27-,29?,30-,32?,33?/m1/s1. The second kappa shape index (κ2) is 9.29. The summed E-state index contributed by atoms with van der Waals surface area (Å²) in [6, 6.07) is 27.7. The fraction of sp³-hybridized carbons (Fsp3) is 0.303. The first-order chi connectivity index (χ1) is 19.0. The third kappa shape index (κ3) is 3.75. The van der Waals surface area contributed by atoms with Crippen LogP contribution < -0.4 is 0 Å². The molecule has 3 aliphatic carbocycles. The highest BCUT2D eigenvalue weighted by Gasteiger charge is 2.77. The van der Waals surface area contributed by atoms with E-state index in [1.165, 1.54) is 29.4 Å². The van der Waals surface area contributed by atoms with Crippen molar-refractivity contribution < 1.29 is 9.53 Å². The molecule has 3 saturated carbocycles. The third-order valence-electron chi connectivity index (χ3n) is 9.58. The van der Waals surface area contributed by atoms with Crippen molar-refractivity contribution in [2.45, 2.75) is 36.8 Å². The van der Waals surface area contributed by atoms with Crippen LogP contribution in [0.2, 0.25) is 5.15 Å². The second-order valence-corrected chi connectivity index (χ2v) is 11.8. The van der Waals surface area contributed by atoms with Gasteiger partial charge in [0.1, 0.15) is 5.15 Å². The van der Waals surface area contributed by atoms with Gasteiger partial charge in [0.2, 0.25) is 0 Å². The molecule has 1 saturated heterocycles. The van der Waals surface area contributed by atoms with E-state index in [4.69, 9.17) is 16.3 Å². The van der Waals surface area contributed by atoms with Crippen molar-refractivity contribution in [1.82, 2.24) is 14.9 Å². The van der Waals surface area contributed by atoms with Gasteiger partial charge in [-0.1, -0.05) is 66.2 Å². The molecule has 2 aromatic carbocycles. The SMILES string of the molecule is COC(=O)c1ccc(C23CC4(C2)[C@H](CN(Cc2cccnc2)[C@@H]4c2ccccc2)C3c2ccc(Cl)nc2)cc1. The number of rotatable bonds is 6. The van der Waals surface area contributed by atoms with Crippen molar-refractivity contribution in [3.05, 3.63) is 130 Å². The van der Waals surface area contributed by atoms with Crippen molar-refractivity contribution in [3.63, 3.8) is 0 Å². The Balaban J connectivity index is 1.33. The normalized spacial score (nSPS) is 29.0. The number of methoxy groups -OCH3 is 1. The lowest BCUT2D eigenvalue weighted by Gasteiger charge is -2.53. The number of carbonyl (C=O) groups excluding carboxylic acids is 1. The first-order valence-corrected chi connectivity index (χ1v) is 13.9. The Bertz CT molecular complexity index is 1490. The molecule has 1 unspecified atom stereocenters. The molecule has 8 rings (SSSR count). The molecule has 1 spiro atoms. The Morgan fingerprint density at radius 1 is 0.974 bits per heavy atom. The lowest BCUT2D eigenvalue weighted by atomic mass is 9.52. The number of aromatic nitrogens is 2. The van der Waals surface area contributed by atoms with Gasteiger partial charge in [-0.3, -0.25) is 9.88 Å². The van der Waals surface area contributed by atoms with E-state index in [1.54, 1.807) is 0 Å². The maximum atomic E-state index is 12.1. The molecule has 0 amide bonds. The van der Waals surface area contributed by atoms with Crippen molar-refractivity contribution in [3.8, 4) is 0 Å². The van der Waals surface area contributed by atoms with Gasteiger partial charge in [0.15, 0.2) is 0 Å². The largest absolute Gasteiger partial charge is 0.465 e. The number of hydrogen-bond acceptors (Lipinski definition) is 5. The van der Waals surface area contributed by atoms with Gasteiger partial charge in [-0.25, -0.2) is 9.78 Å². The minimum absolute atomic E-state index is 0.0117. The fourth-order valence-electron chi connectivity index (χ4n) is 8.35. The summed E-state index contributed by atoms with van der Waals surface area (Å²) in [5, 5.41) is 0.516. The molecule has 3 atom stereocenters. The highest BCUT2D eigenvalue weighted by atomic mass is 35.5. The summed E-state index contributed by atoms with van der Waals surface area (Å²) in [7, 11) is 1.42. The fourth-order valence-corrected chi connectivity index (χ4v) is 8.46. The minimum atomic E-state index is -0.305. The summed E-state index contributed by atoms with van der Waals surface area (Å²) in [5.74, 6) is 0.458. The Kier molecular flexibility index (Phi) is 5.83. The Labute approximate surface area is 233 Å². The molecule has 6 heteroatoms. The van der Waals surface area contributed by atoms with Gasteiger partial charge in [0, 0.05) is 43.1 Å². The summed E-state index contributed by atoms with van der Waals surface area (Å²) in [4.78, 5) is 23.7. The zero-order valence-electron chi connectivity index (χ0n) is 21.8. The average molecular weight is 536 g/mol. The van der Waals surface area contributed by atoms with Crippen LogP contribution in [-0.2, 0) is 16.7 Å². The zero-order chi connectivity index (χ0) is 26.6. The molecule has 2 aromatic heterocycles. The first-order valence-electron chi connectivity index (χ1n) is 13.5. The molecule has 196 valence electrons. The number of hydrogen-bond donors (Lipinski definition) is 0. The van der Waals surface area contributed by atoms with Crippen LogP contribution in [0.25, 0.3) is 0 Å². The molecule has 0 N–H and O–H groups in total. The second-order valence-electron chi connectivity index (χ2n) is 11.4. The van der Waals surface area contributed by atoms with Crippen LogP contribution in [0.5, 0.6) is 0 Å². The highest BCUT2D eigenvalue weighted by molar-refractivity contribution is 6.29. The molecular weight excluding hydrogens is 506 g/mol. The first kappa shape index (κ1) is 24.5. The van der Waals surface area contributed by atoms with Gasteiger partial charge >= 0.3 is 5.97 Å². The topological polar surface area (TPSA) is 55.3 Å². The lowest BCUT2D eigenvalue weighted by molar-refractivity contribution is 0.0296. The highest BCUT2D eigenvalue weighted by Crippen LogP contribution is 2.82. The van der Waals surface area contributed by atoms with Gasteiger partial charge in [0.05, 0.1) is 12.7 Å². The quantitative estimate of drug-likeness (QED) is 0.205. The Hall–Kier alpha value is -3.54. The number of nitrogens with zero attached hydrogens (tertiary/aromatic N) is 3. The van der Waals surface area contributed by atoms with E-state index in [0.29, 0.717) is 28.6 Å². The summed E-state index contributed by atoms with van der Waals surface area (Å²) >= 11 is 6.24. The number of pyridine rings is 2. The van der Waals surface area contributed by atoms with Crippen LogP contribution in [0.3, 0.4) is 0 Å². The van der Waals surface area contributed by atoms with Gasteiger partial charge in [0.25, 0.3) is 0 Å². The van der Waals surface area contributed by atoms with Gasteiger partial charge in [-0.05, 0) is 76.6 Å². The number of likely N-dealkylation sites (tertiary alicyclic amines) is 1. The van der Waals surface area contributed by atoms with Gasteiger partial charge < -0.3 is 4.74 Å². The maximum Gasteiger partial charge on any atom is 0.337 e. The van der Waals surface area contributed by atoms with E-state index >= 15 is 0 Å². The van der Waals surface area contributed by atoms with Crippen LogP contribution in [0, 0.1) is 11.3 Å². The average Bonchev–Trinajstić information content (AvgIpc) is 3.52. The Morgan fingerprint density at radius 3 is 2.44 bits per heavy atom. The van der Waals surface area contributed by atoms with Crippen molar-refractivity contribution in [1.29, 1.82) is 0 Å². The molecule has 2 bridgehead atoms. The van der Waals surface area contributed by atoms with E-state index in [2.05, 4.69) is 69.5 Å². The van der Waals surface area contributed by atoms with E-state index in [9.17, 15) is 4.79 Å². The summed E-state index contributed by atoms with van der Waals surface area (Å²) in [6.07, 6.45) is 8.00. The molecule has 4 aliphatic rings. The van der Waals surface area contributed by atoms with Crippen LogP contribution in [0.4, 0.5) is 0 Å². The van der Waals surface area contributed by atoms with Crippen molar-refractivity contribution >= 4 is 17.6 Å². The van der Waals surface area contributed by atoms with E-state index in [0.717, 1.165) is 25.9 Å². The van der Waals surface area contributed by atoms with Crippen LogP contribution in [0.1, 0.15) is 57.4 Å². The number of benzene rings is 2. The van der Waals surface area contributed by atoms with Gasteiger partial charge in [-0.2, -0.15) is 0 Å². The van der Waals surface area contributed by atoms with Crippen molar-refractivity contribution in [2.75, 3.05) is 13.7 Å². The molecule has 4 fully saturated rings. The van der Waals surface area contributed by atoms with Gasteiger partial charge in [-0.15, -0.1) is 0 Å². The smallest absolute Gasteiger partial charge is 0.337 e. The predicted molar refractivity (Wildman–Crippen MR) is 150 cm³/mol. The van der Waals surface area contributed by atoms with Crippen LogP contribution >= 0.6 is 11.6 Å². The number of esters is 1. The number of ether oxygens (including phenoxy) is 1. The van der Waals surface area contributed by atoms with Crippen LogP contribution in [-0.4, -0.2) is 34.5 Å². The van der Waals surface area contributed by atoms with E-state index in [1.807, 2.05) is 42.9 Å². The molecule has 4 aromatic rings. The maximum absolute atomic E-state index is 12.1. The molecule has 0 radical (unpaired) electrons. The number of carbonyl (C=O) groups is 1. The molecule has 39 heavy (non-hydrogen) atoms. The minimum Gasteiger partial charge on any atom is -0.465 e. The van der Waals surface area contributed by atoms with E-state index < -0.39 is 0 Å². The van der Waals surface area contributed by atoms with Crippen LogP contribution in [0.15, 0.2) is 97.5 Å². The molecule has 3 heterocycles. The van der Waals surface area contributed by atoms with Crippen molar-refractivity contribution in [2.24, 2.45) is 11.3 Å². The molecule has 5 nitrogen and oxygen atoms in total. The lowest BCUT2D eigenvalue weighted by Crippen LogP contribution is -2.47. The number of halogens is 1. The molecule has 1 aliphatic heterocycles. The molecular formula is C33H30ClN3O2. The third-order valence-corrected chi connectivity index (χ3v) is 9.80. The summed E-state index contributed by atoms with van der Waals surface area (Å²) < 4.78 is 4.95. The Morgan fingerprint density at radius 2 is 1.77 bits per heavy atom. The monoisotopic (exact) mass is 535 g/mol. The van der Waals surface area contributed by atoms with E-state index in [-0.39, 0.29) is 16.8 Å². The summed E-state index contributed by atoms with van der Waals surface area (Å²) in [5.41, 5.74) is 5.88.